The number of rotatable bonds is 4. The van der Waals surface area contributed by atoms with Crippen molar-refractivity contribution in [2.75, 3.05) is 25.0 Å². The summed E-state index contributed by atoms with van der Waals surface area (Å²) in [7, 11) is 0. The Kier molecular flexibility index (Phi) is 4.36. The zero-order valence-electron chi connectivity index (χ0n) is 10.7. The Bertz CT molecular complexity index is 522. The molecule has 1 aromatic heterocycles. The minimum Gasteiger partial charge on any atom is -0.480 e. The summed E-state index contributed by atoms with van der Waals surface area (Å²) in [6.07, 6.45) is 1.92. The number of nitrogens with two attached hydrogens (primary N) is 1. The third-order valence-corrected chi connectivity index (χ3v) is 3.64. The normalized spacial score (nSPS) is 22.7. The highest BCUT2D eigenvalue weighted by Crippen LogP contribution is 2.18. The molecule has 1 unspecified atom stereocenters. The minimum absolute atomic E-state index is 0.101. The van der Waals surface area contributed by atoms with Crippen LogP contribution >= 0.6 is 15.9 Å². The third kappa shape index (κ3) is 3.53. The van der Waals surface area contributed by atoms with E-state index in [1.165, 1.54) is 0 Å². The zero-order valence-corrected chi connectivity index (χ0v) is 12.3. The van der Waals surface area contributed by atoms with Gasteiger partial charge in [-0.15, -0.1) is 0 Å². The largest absolute Gasteiger partial charge is 0.480 e. The standard InChI is InChI=1S/C12H15BrN4O3/c13-8-1-2-9(15-5-8)16-10(18)6-17-4-3-12(14,7-17)11(19)20/h1-2,5H,3-4,6-7,14H2,(H,19,20)(H,15,16,18). The number of carboxylic acid groups (broad SMARTS) is 1. The maximum Gasteiger partial charge on any atom is 0.325 e. The topological polar surface area (TPSA) is 109 Å². The number of nitrogens with one attached hydrogen (secondary N) is 1. The SMILES string of the molecule is NC1(C(=O)O)CCN(CC(=O)Nc2ccc(Br)cn2)C1. The number of amides is 1. The van der Waals surface area contributed by atoms with E-state index in [1.807, 2.05) is 0 Å². The Morgan fingerprint density at radius 3 is 2.85 bits per heavy atom. The van der Waals surface area contributed by atoms with Crippen LogP contribution in [-0.2, 0) is 9.59 Å². The number of halogens is 1. The van der Waals surface area contributed by atoms with Crippen LogP contribution in [0.4, 0.5) is 5.82 Å². The molecule has 1 atom stereocenters. The van der Waals surface area contributed by atoms with Gasteiger partial charge in [-0.25, -0.2) is 4.98 Å². The molecular weight excluding hydrogens is 328 g/mol. The predicted octanol–water partition coefficient (Wildman–Crippen LogP) is 0.270. The first kappa shape index (κ1) is 14.9. The molecule has 0 aliphatic carbocycles. The van der Waals surface area contributed by atoms with Gasteiger partial charge in [-0.1, -0.05) is 0 Å². The van der Waals surface area contributed by atoms with Gasteiger partial charge >= 0.3 is 5.97 Å². The van der Waals surface area contributed by atoms with E-state index in [9.17, 15) is 9.59 Å². The number of aliphatic carboxylic acids is 1. The number of carbonyl (C=O) groups excluding carboxylic acids is 1. The molecular formula is C12H15BrN4O3. The molecule has 0 radical (unpaired) electrons. The van der Waals surface area contributed by atoms with E-state index in [4.69, 9.17) is 10.8 Å². The van der Waals surface area contributed by atoms with Crippen LogP contribution in [0.3, 0.4) is 0 Å². The van der Waals surface area contributed by atoms with Crippen LogP contribution in [0.1, 0.15) is 6.42 Å². The molecule has 7 nitrogen and oxygen atoms in total. The second-order valence-electron chi connectivity index (χ2n) is 4.83. The highest BCUT2D eigenvalue weighted by molar-refractivity contribution is 9.10. The molecule has 0 bridgehead atoms. The lowest BCUT2D eigenvalue weighted by Gasteiger charge is -2.19. The highest BCUT2D eigenvalue weighted by atomic mass is 79.9. The molecule has 108 valence electrons. The van der Waals surface area contributed by atoms with Gasteiger partial charge in [-0.3, -0.25) is 14.5 Å². The summed E-state index contributed by atoms with van der Waals surface area (Å²) in [5.41, 5.74) is 4.49. The lowest BCUT2D eigenvalue weighted by atomic mass is 10.0. The van der Waals surface area contributed by atoms with Crippen LogP contribution in [0.25, 0.3) is 0 Å². The molecule has 8 heteroatoms. The van der Waals surface area contributed by atoms with E-state index in [0.717, 1.165) is 4.47 Å². The number of pyridine rings is 1. The van der Waals surface area contributed by atoms with Crippen LogP contribution in [-0.4, -0.2) is 52.0 Å². The Morgan fingerprint density at radius 2 is 2.30 bits per heavy atom. The molecule has 20 heavy (non-hydrogen) atoms. The maximum absolute atomic E-state index is 11.8. The number of hydrogen-bond acceptors (Lipinski definition) is 5. The number of nitrogens with zero attached hydrogens (tertiary/aromatic N) is 2. The first-order valence-corrected chi connectivity index (χ1v) is 6.84. The van der Waals surface area contributed by atoms with Crippen LogP contribution in [0, 0.1) is 0 Å². The van der Waals surface area contributed by atoms with Gasteiger partial charge < -0.3 is 16.2 Å². The van der Waals surface area contributed by atoms with Crippen molar-refractivity contribution in [2.24, 2.45) is 5.73 Å². The van der Waals surface area contributed by atoms with Gasteiger partial charge in [0.1, 0.15) is 11.4 Å². The van der Waals surface area contributed by atoms with Crippen molar-refractivity contribution in [3.8, 4) is 0 Å². The molecule has 0 spiro atoms. The fourth-order valence-electron chi connectivity index (χ4n) is 2.06. The fourth-order valence-corrected chi connectivity index (χ4v) is 2.29. The lowest BCUT2D eigenvalue weighted by molar-refractivity contribution is -0.143. The van der Waals surface area contributed by atoms with Gasteiger partial charge in [0.15, 0.2) is 0 Å². The van der Waals surface area contributed by atoms with Gasteiger partial charge in [0.05, 0.1) is 6.54 Å². The number of carbonyl (C=O) groups is 2. The van der Waals surface area contributed by atoms with Gasteiger partial charge in [-0.05, 0) is 34.5 Å². The van der Waals surface area contributed by atoms with Crippen molar-refractivity contribution in [3.05, 3.63) is 22.8 Å². The average Bonchev–Trinajstić information content (AvgIpc) is 2.75. The second kappa shape index (κ2) is 5.86. The molecule has 1 aliphatic heterocycles. The highest BCUT2D eigenvalue weighted by Gasteiger charge is 2.41. The number of hydrogen-bond donors (Lipinski definition) is 3. The maximum atomic E-state index is 11.8. The Labute approximate surface area is 124 Å². The molecule has 1 fully saturated rings. The Morgan fingerprint density at radius 1 is 1.55 bits per heavy atom. The van der Waals surface area contributed by atoms with E-state index in [-0.39, 0.29) is 19.0 Å². The molecule has 0 aromatic carbocycles. The molecule has 1 aromatic rings. The van der Waals surface area contributed by atoms with E-state index in [2.05, 4.69) is 26.2 Å². The van der Waals surface area contributed by atoms with Crippen LogP contribution in [0.5, 0.6) is 0 Å². The first-order valence-electron chi connectivity index (χ1n) is 6.05. The van der Waals surface area contributed by atoms with Crippen LogP contribution in [0.15, 0.2) is 22.8 Å². The molecule has 1 aliphatic rings. The first-order chi connectivity index (χ1) is 9.39. The molecule has 1 amide bonds. The summed E-state index contributed by atoms with van der Waals surface area (Å²) in [6, 6.07) is 3.45. The summed E-state index contributed by atoms with van der Waals surface area (Å²) in [4.78, 5) is 28.6. The van der Waals surface area contributed by atoms with Crippen molar-refractivity contribution in [2.45, 2.75) is 12.0 Å². The number of aromatic nitrogens is 1. The Hall–Kier alpha value is -1.51. The van der Waals surface area contributed by atoms with Crippen molar-refractivity contribution < 1.29 is 14.7 Å². The molecule has 2 heterocycles. The number of likely N-dealkylation sites (tertiary alicyclic amines) is 1. The Balaban J connectivity index is 1.87. The quantitative estimate of drug-likeness (QED) is 0.724. The van der Waals surface area contributed by atoms with Crippen LogP contribution in [0.2, 0.25) is 0 Å². The summed E-state index contributed by atoms with van der Waals surface area (Å²) in [5, 5.41) is 11.7. The molecule has 2 rings (SSSR count). The fraction of sp³-hybridized carbons (Fsp3) is 0.417. The van der Waals surface area contributed by atoms with Gasteiger partial charge in [0.25, 0.3) is 0 Å². The zero-order chi connectivity index (χ0) is 14.8. The van der Waals surface area contributed by atoms with Crippen molar-refractivity contribution in [3.63, 3.8) is 0 Å². The minimum atomic E-state index is -1.25. The van der Waals surface area contributed by atoms with E-state index < -0.39 is 11.5 Å². The van der Waals surface area contributed by atoms with E-state index >= 15 is 0 Å². The number of carboxylic acids is 1. The van der Waals surface area contributed by atoms with Crippen molar-refractivity contribution in [1.82, 2.24) is 9.88 Å². The summed E-state index contributed by atoms with van der Waals surface area (Å²) >= 11 is 3.26. The van der Waals surface area contributed by atoms with E-state index in [1.54, 1.807) is 23.2 Å². The smallest absolute Gasteiger partial charge is 0.325 e. The van der Waals surface area contributed by atoms with Gasteiger partial charge in [0, 0.05) is 23.8 Å². The second-order valence-corrected chi connectivity index (χ2v) is 5.75. The molecule has 4 N–H and O–H groups in total. The van der Waals surface area contributed by atoms with Crippen molar-refractivity contribution in [1.29, 1.82) is 0 Å². The number of anilines is 1. The summed E-state index contributed by atoms with van der Waals surface area (Å²) in [5.74, 6) is -0.820. The summed E-state index contributed by atoms with van der Waals surface area (Å²) < 4.78 is 0.824. The monoisotopic (exact) mass is 342 g/mol. The summed E-state index contributed by atoms with van der Waals surface area (Å²) in [6.45, 7) is 0.761. The molecule has 1 saturated heterocycles. The predicted molar refractivity (Wildman–Crippen MR) is 76.2 cm³/mol. The molecule has 0 saturated carbocycles. The van der Waals surface area contributed by atoms with Crippen LogP contribution < -0.4 is 11.1 Å². The average molecular weight is 343 g/mol. The third-order valence-electron chi connectivity index (χ3n) is 3.17. The lowest BCUT2D eigenvalue weighted by Crippen LogP contribution is -2.50. The van der Waals surface area contributed by atoms with Gasteiger partial charge in [0.2, 0.25) is 5.91 Å². The van der Waals surface area contributed by atoms with Gasteiger partial charge in [-0.2, -0.15) is 0 Å². The van der Waals surface area contributed by atoms with E-state index in [0.29, 0.717) is 18.8 Å². The van der Waals surface area contributed by atoms with Crippen molar-refractivity contribution >= 4 is 33.6 Å².